The summed E-state index contributed by atoms with van der Waals surface area (Å²) in [6.45, 7) is 0. The summed E-state index contributed by atoms with van der Waals surface area (Å²) < 4.78 is 4.49. The molecule has 0 fully saturated rings. The largest absolute Gasteiger partial charge is 0.277 e. The van der Waals surface area contributed by atoms with Crippen LogP contribution in [0.25, 0.3) is 23.1 Å². The van der Waals surface area contributed by atoms with Crippen molar-refractivity contribution in [3.63, 3.8) is 0 Å². The Hall–Kier alpha value is -2.43. The molecule has 5 heteroatoms. The molecule has 0 atom stereocenters. The van der Waals surface area contributed by atoms with E-state index in [0.29, 0.717) is 5.69 Å². The summed E-state index contributed by atoms with van der Waals surface area (Å²) in [6.07, 6.45) is 5.23. The van der Waals surface area contributed by atoms with Gasteiger partial charge in [-0.2, -0.15) is 5.10 Å². The van der Waals surface area contributed by atoms with Crippen molar-refractivity contribution in [3.8, 4) is 0 Å². The smallest absolute Gasteiger partial charge is 0.127 e. The number of benzene rings is 1. The van der Waals surface area contributed by atoms with Crippen LogP contribution in [-0.2, 0) is 0 Å². The van der Waals surface area contributed by atoms with Gasteiger partial charge in [0.15, 0.2) is 0 Å². The molecule has 5 nitrogen and oxygen atoms in total. The van der Waals surface area contributed by atoms with Crippen LogP contribution >= 0.6 is 0 Å². The van der Waals surface area contributed by atoms with Crippen LogP contribution in [0.5, 0.6) is 0 Å². The fourth-order valence-electron chi connectivity index (χ4n) is 1.52. The highest BCUT2D eigenvalue weighted by molar-refractivity contribution is 5.88. The maximum atomic E-state index is 4.49. The van der Waals surface area contributed by atoms with E-state index in [0.717, 1.165) is 16.6 Å². The third kappa shape index (κ3) is 1.48. The van der Waals surface area contributed by atoms with Crippen LogP contribution in [0.15, 0.2) is 35.1 Å². The van der Waals surface area contributed by atoms with Crippen molar-refractivity contribution in [1.82, 2.24) is 20.5 Å². The lowest BCUT2D eigenvalue weighted by atomic mass is 10.2. The van der Waals surface area contributed by atoms with Gasteiger partial charge in [0.25, 0.3) is 0 Å². The Bertz CT molecular complexity index is 624. The number of rotatable bonds is 2. The number of H-pyrrole nitrogens is 1. The van der Waals surface area contributed by atoms with E-state index in [-0.39, 0.29) is 0 Å². The number of aromatic nitrogens is 4. The zero-order valence-electron chi connectivity index (χ0n) is 8.29. The van der Waals surface area contributed by atoms with E-state index >= 15 is 0 Å². The van der Waals surface area contributed by atoms with Gasteiger partial charge in [0.1, 0.15) is 5.69 Å². The lowest BCUT2D eigenvalue weighted by molar-refractivity contribution is 0.306. The molecule has 0 saturated heterocycles. The second kappa shape index (κ2) is 3.62. The van der Waals surface area contributed by atoms with E-state index in [4.69, 9.17) is 0 Å². The molecule has 0 spiro atoms. The quantitative estimate of drug-likeness (QED) is 0.706. The summed E-state index contributed by atoms with van der Waals surface area (Å²) in [7, 11) is 0. The van der Waals surface area contributed by atoms with Gasteiger partial charge in [-0.15, -0.1) is 0 Å². The van der Waals surface area contributed by atoms with Crippen molar-refractivity contribution < 1.29 is 4.63 Å². The highest BCUT2D eigenvalue weighted by Crippen LogP contribution is 2.16. The minimum Gasteiger partial charge on any atom is -0.277 e. The third-order valence-corrected chi connectivity index (χ3v) is 2.29. The van der Waals surface area contributed by atoms with Crippen molar-refractivity contribution >= 4 is 23.1 Å². The maximum absolute atomic E-state index is 4.49. The monoisotopic (exact) mass is 212 g/mol. The SMILES string of the molecule is C(=C\c1n[nH]c2ccccc12)/c1cnon1. The molecule has 16 heavy (non-hydrogen) atoms. The molecule has 1 aromatic carbocycles. The van der Waals surface area contributed by atoms with Gasteiger partial charge in [-0.25, -0.2) is 4.63 Å². The normalized spacial score (nSPS) is 11.5. The van der Waals surface area contributed by atoms with E-state index < -0.39 is 0 Å². The molecule has 1 N–H and O–H groups in total. The Morgan fingerprint density at radius 1 is 1.19 bits per heavy atom. The molecule has 0 saturated carbocycles. The molecule has 2 heterocycles. The lowest BCUT2D eigenvalue weighted by Crippen LogP contribution is -1.73. The fourth-order valence-corrected chi connectivity index (χ4v) is 1.52. The molecule has 3 rings (SSSR count). The molecular weight excluding hydrogens is 204 g/mol. The summed E-state index contributed by atoms with van der Waals surface area (Å²) >= 11 is 0. The molecule has 0 bridgehead atoms. The Morgan fingerprint density at radius 2 is 2.12 bits per heavy atom. The summed E-state index contributed by atoms with van der Waals surface area (Å²) in [5.41, 5.74) is 2.56. The van der Waals surface area contributed by atoms with Crippen LogP contribution in [0.4, 0.5) is 0 Å². The Balaban J connectivity index is 2.01. The first-order valence-electron chi connectivity index (χ1n) is 4.82. The molecule has 0 radical (unpaired) electrons. The minimum absolute atomic E-state index is 0.673. The molecule has 78 valence electrons. The molecule has 2 aromatic heterocycles. The molecule has 3 aromatic rings. The van der Waals surface area contributed by atoms with Crippen molar-refractivity contribution in [2.24, 2.45) is 0 Å². The van der Waals surface area contributed by atoms with Gasteiger partial charge in [-0.1, -0.05) is 28.5 Å². The standard InChI is InChI=1S/C11H8N4O/c1-2-4-10-9(3-1)11(14-13-10)6-5-8-7-12-16-15-8/h1-7H,(H,13,14)/b6-5+. The molecule has 0 aliphatic heterocycles. The summed E-state index contributed by atoms with van der Waals surface area (Å²) in [4.78, 5) is 0. The van der Waals surface area contributed by atoms with Crippen molar-refractivity contribution in [3.05, 3.63) is 41.9 Å². The third-order valence-electron chi connectivity index (χ3n) is 2.29. The summed E-state index contributed by atoms with van der Waals surface area (Å²) in [5, 5.41) is 15.4. The number of hydrogen-bond acceptors (Lipinski definition) is 4. The van der Waals surface area contributed by atoms with Gasteiger partial charge in [0, 0.05) is 5.39 Å². The summed E-state index contributed by atoms with van der Waals surface area (Å²) in [5.74, 6) is 0. The van der Waals surface area contributed by atoms with Gasteiger partial charge in [0.2, 0.25) is 0 Å². The average molecular weight is 212 g/mol. The molecule has 0 aliphatic rings. The molecular formula is C11H8N4O. The van der Waals surface area contributed by atoms with E-state index in [1.807, 2.05) is 30.3 Å². The van der Waals surface area contributed by atoms with Gasteiger partial charge in [-0.3, -0.25) is 5.10 Å². The Kier molecular flexibility index (Phi) is 2.00. The molecule has 0 unspecified atom stereocenters. The van der Waals surface area contributed by atoms with E-state index in [9.17, 15) is 0 Å². The van der Waals surface area contributed by atoms with E-state index in [1.54, 1.807) is 12.3 Å². The van der Waals surface area contributed by atoms with Crippen LogP contribution in [0.1, 0.15) is 11.4 Å². The number of fused-ring (bicyclic) bond motifs is 1. The topological polar surface area (TPSA) is 67.6 Å². The van der Waals surface area contributed by atoms with Gasteiger partial charge in [0.05, 0.1) is 17.4 Å². The number of aromatic amines is 1. The number of nitrogens with zero attached hydrogens (tertiary/aromatic N) is 3. The van der Waals surface area contributed by atoms with Gasteiger partial charge < -0.3 is 0 Å². The Morgan fingerprint density at radius 3 is 3.00 bits per heavy atom. The highest BCUT2D eigenvalue weighted by atomic mass is 16.6. The molecule has 0 amide bonds. The maximum Gasteiger partial charge on any atom is 0.127 e. The molecule has 0 aliphatic carbocycles. The van der Waals surface area contributed by atoms with E-state index in [2.05, 4.69) is 25.1 Å². The van der Waals surface area contributed by atoms with E-state index in [1.165, 1.54) is 0 Å². The minimum atomic E-state index is 0.673. The lowest BCUT2D eigenvalue weighted by Gasteiger charge is -1.87. The van der Waals surface area contributed by atoms with Gasteiger partial charge in [-0.05, 0) is 18.2 Å². The first-order chi connectivity index (χ1) is 7.93. The van der Waals surface area contributed by atoms with Crippen molar-refractivity contribution in [1.29, 1.82) is 0 Å². The fraction of sp³-hybridized carbons (Fsp3) is 0. The predicted octanol–water partition coefficient (Wildman–Crippen LogP) is 2.12. The van der Waals surface area contributed by atoms with Crippen molar-refractivity contribution in [2.45, 2.75) is 0 Å². The zero-order valence-corrected chi connectivity index (χ0v) is 8.29. The van der Waals surface area contributed by atoms with Gasteiger partial charge >= 0.3 is 0 Å². The highest BCUT2D eigenvalue weighted by Gasteiger charge is 2.00. The van der Waals surface area contributed by atoms with Crippen LogP contribution in [0, 0.1) is 0 Å². The number of nitrogens with one attached hydrogen (secondary N) is 1. The van der Waals surface area contributed by atoms with Crippen LogP contribution in [0.3, 0.4) is 0 Å². The summed E-state index contributed by atoms with van der Waals surface area (Å²) in [6, 6.07) is 7.94. The first kappa shape index (κ1) is 8.84. The Labute approximate surface area is 90.7 Å². The second-order valence-electron chi connectivity index (χ2n) is 3.32. The van der Waals surface area contributed by atoms with Crippen molar-refractivity contribution in [2.75, 3.05) is 0 Å². The second-order valence-corrected chi connectivity index (χ2v) is 3.32. The van der Waals surface area contributed by atoms with Crippen LogP contribution in [-0.4, -0.2) is 20.5 Å². The first-order valence-corrected chi connectivity index (χ1v) is 4.82. The van der Waals surface area contributed by atoms with Crippen LogP contribution in [0.2, 0.25) is 0 Å². The zero-order chi connectivity index (χ0) is 10.8. The van der Waals surface area contributed by atoms with Crippen LogP contribution < -0.4 is 0 Å². The number of hydrogen-bond donors (Lipinski definition) is 1. The predicted molar refractivity (Wildman–Crippen MR) is 59.3 cm³/mol. The number of para-hydroxylation sites is 1. The average Bonchev–Trinajstić information content (AvgIpc) is 2.96.